The molecular weight excluding hydrogens is 416 g/mol. The number of aromatic nitrogens is 1. The van der Waals surface area contributed by atoms with Gasteiger partial charge < -0.3 is 4.74 Å². The van der Waals surface area contributed by atoms with Gasteiger partial charge in [-0.2, -0.15) is 0 Å². The second-order valence-corrected chi connectivity index (χ2v) is 8.93. The summed E-state index contributed by atoms with van der Waals surface area (Å²) in [4.78, 5) is 20.1. The maximum atomic E-state index is 13.6. The fourth-order valence-electron chi connectivity index (χ4n) is 3.52. The van der Waals surface area contributed by atoms with Gasteiger partial charge in [-0.1, -0.05) is 67.5 Å². The minimum absolute atomic E-state index is 0.0674. The van der Waals surface area contributed by atoms with Gasteiger partial charge in [0.2, 0.25) is 0 Å². The number of unbranched alkanes of at least 4 members (excludes halogenated alkanes) is 2. The van der Waals surface area contributed by atoms with Gasteiger partial charge in [-0.3, -0.25) is 9.69 Å². The Hall–Kier alpha value is -3.18. The van der Waals surface area contributed by atoms with Crippen LogP contribution in [0.5, 0.6) is 5.75 Å². The van der Waals surface area contributed by atoms with E-state index in [1.54, 1.807) is 16.2 Å². The largest absolute Gasteiger partial charge is 0.494 e. The number of thiazole rings is 1. The SMILES string of the molecule is CCCCCOc1ccc(C(=O)N(Cc2ccccc2)c2nc3ccc(C)cc3s2)cc1. The summed E-state index contributed by atoms with van der Waals surface area (Å²) in [5, 5.41) is 0.708. The Labute approximate surface area is 193 Å². The van der Waals surface area contributed by atoms with Crippen molar-refractivity contribution >= 4 is 32.6 Å². The quantitative estimate of drug-likeness (QED) is 0.261. The summed E-state index contributed by atoms with van der Waals surface area (Å²) in [7, 11) is 0. The molecule has 0 aliphatic heterocycles. The van der Waals surface area contributed by atoms with Crippen molar-refractivity contribution in [3.63, 3.8) is 0 Å². The third kappa shape index (κ3) is 5.35. The Morgan fingerprint density at radius 2 is 1.78 bits per heavy atom. The van der Waals surface area contributed by atoms with Crippen molar-refractivity contribution in [2.24, 2.45) is 0 Å². The van der Waals surface area contributed by atoms with E-state index < -0.39 is 0 Å². The van der Waals surface area contributed by atoms with E-state index >= 15 is 0 Å². The highest BCUT2D eigenvalue weighted by atomic mass is 32.1. The summed E-state index contributed by atoms with van der Waals surface area (Å²) < 4.78 is 6.88. The third-order valence-electron chi connectivity index (χ3n) is 5.31. The van der Waals surface area contributed by atoms with E-state index in [1.807, 2.05) is 60.7 Å². The number of ether oxygens (including phenoxy) is 1. The highest BCUT2D eigenvalue weighted by Crippen LogP contribution is 2.31. The van der Waals surface area contributed by atoms with E-state index in [4.69, 9.17) is 9.72 Å². The van der Waals surface area contributed by atoms with Gasteiger partial charge in [0.15, 0.2) is 5.13 Å². The molecule has 0 fully saturated rings. The van der Waals surface area contributed by atoms with Gasteiger partial charge in [-0.25, -0.2) is 4.98 Å². The minimum Gasteiger partial charge on any atom is -0.494 e. The number of amides is 1. The maximum absolute atomic E-state index is 13.6. The lowest BCUT2D eigenvalue weighted by Gasteiger charge is -2.20. The predicted octanol–water partition coefficient (Wildman–Crippen LogP) is 7.02. The molecule has 0 bridgehead atoms. The molecule has 0 saturated heterocycles. The zero-order chi connectivity index (χ0) is 22.3. The molecular formula is C27H28N2O2S. The molecule has 0 radical (unpaired) electrons. The molecule has 0 atom stereocenters. The van der Waals surface area contributed by atoms with Gasteiger partial charge in [-0.05, 0) is 60.9 Å². The number of anilines is 1. The molecule has 4 aromatic rings. The van der Waals surface area contributed by atoms with Crippen molar-refractivity contribution in [1.29, 1.82) is 0 Å². The Morgan fingerprint density at radius 1 is 1.00 bits per heavy atom. The molecule has 32 heavy (non-hydrogen) atoms. The van der Waals surface area contributed by atoms with Gasteiger partial charge in [0.05, 0.1) is 23.4 Å². The summed E-state index contributed by atoms with van der Waals surface area (Å²) in [5.41, 5.74) is 3.78. The van der Waals surface area contributed by atoms with Gasteiger partial charge in [-0.15, -0.1) is 0 Å². The van der Waals surface area contributed by atoms with Crippen molar-refractivity contribution in [2.75, 3.05) is 11.5 Å². The van der Waals surface area contributed by atoms with Gasteiger partial charge in [0, 0.05) is 5.56 Å². The fourth-order valence-corrected chi connectivity index (χ4v) is 4.58. The molecule has 0 spiro atoms. The van der Waals surface area contributed by atoms with E-state index in [1.165, 1.54) is 12.0 Å². The lowest BCUT2D eigenvalue weighted by molar-refractivity contribution is 0.0985. The average molecular weight is 445 g/mol. The summed E-state index contributed by atoms with van der Waals surface area (Å²) in [6, 6.07) is 23.6. The monoisotopic (exact) mass is 444 g/mol. The highest BCUT2D eigenvalue weighted by molar-refractivity contribution is 7.22. The molecule has 0 aliphatic carbocycles. The molecule has 5 heteroatoms. The van der Waals surface area contributed by atoms with Crippen molar-refractivity contribution in [2.45, 2.75) is 39.7 Å². The molecule has 4 rings (SSSR count). The number of carbonyl (C=O) groups excluding carboxylic acids is 1. The molecule has 1 heterocycles. The lowest BCUT2D eigenvalue weighted by atomic mass is 10.1. The van der Waals surface area contributed by atoms with E-state index in [0.29, 0.717) is 23.8 Å². The van der Waals surface area contributed by atoms with E-state index in [-0.39, 0.29) is 5.91 Å². The van der Waals surface area contributed by atoms with Crippen molar-refractivity contribution < 1.29 is 9.53 Å². The van der Waals surface area contributed by atoms with Crippen LogP contribution in [0, 0.1) is 6.92 Å². The number of rotatable bonds is 9. The zero-order valence-electron chi connectivity index (χ0n) is 18.6. The molecule has 3 aromatic carbocycles. The van der Waals surface area contributed by atoms with Crippen molar-refractivity contribution in [3.8, 4) is 5.75 Å². The molecule has 0 saturated carbocycles. The van der Waals surface area contributed by atoms with Crippen LogP contribution in [-0.2, 0) is 6.54 Å². The molecule has 0 aliphatic rings. The number of hydrogen-bond donors (Lipinski definition) is 0. The number of fused-ring (bicyclic) bond motifs is 1. The Balaban J connectivity index is 1.59. The smallest absolute Gasteiger partial charge is 0.260 e. The molecule has 0 N–H and O–H groups in total. The van der Waals surface area contributed by atoms with Crippen LogP contribution in [0.4, 0.5) is 5.13 Å². The minimum atomic E-state index is -0.0674. The average Bonchev–Trinajstić information content (AvgIpc) is 3.24. The van der Waals surface area contributed by atoms with Gasteiger partial charge in [0.25, 0.3) is 5.91 Å². The van der Waals surface area contributed by atoms with Crippen LogP contribution >= 0.6 is 11.3 Å². The molecule has 4 nitrogen and oxygen atoms in total. The van der Waals surface area contributed by atoms with Crippen LogP contribution in [0.15, 0.2) is 72.8 Å². The maximum Gasteiger partial charge on any atom is 0.260 e. The summed E-state index contributed by atoms with van der Waals surface area (Å²) >= 11 is 1.55. The number of aryl methyl sites for hydroxylation is 1. The summed E-state index contributed by atoms with van der Waals surface area (Å²) in [6.45, 7) is 5.41. The van der Waals surface area contributed by atoms with Crippen molar-refractivity contribution in [3.05, 3.63) is 89.5 Å². The molecule has 1 aromatic heterocycles. The Morgan fingerprint density at radius 3 is 2.53 bits per heavy atom. The van der Waals surface area contributed by atoms with E-state index in [0.717, 1.165) is 34.4 Å². The van der Waals surface area contributed by atoms with Gasteiger partial charge >= 0.3 is 0 Å². The van der Waals surface area contributed by atoms with E-state index in [2.05, 4.69) is 26.0 Å². The first-order valence-corrected chi connectivity index (χ1v) is 11.9. The lowest BCUT2D eigenvalue weighted by Crippen LogP contribution is -2.30. The van der Waals surface area contributed by atoms with Crippen LogP contribution in [0.25, 0.3) is 10.2 Å². The Bertz CT molecular complexity index is 1170. The number of benzene rings is 3. The van der Waals surface area contributed by atoms with Crippen LogP contribution in [0.1, 0.15) is 47.7 Å². The highest BCUT2D eigenvalue weighted by Gasteiger charge is 2.22. The summed E-state index contributed by atoms with van der Waals surface area (Å²) in [5.74, 6) is 0.727. The normalized spacial score (nSPS) is 10.9. The fraction of sp³-hybridized carbons (Fsp3) is 0.259. The topological polar surface area (TPSA) is 42.4 Å². The number of nitrogens with zero attached hydrogens (tertiary/aromatic N) is 2. The summed E-state index contributed by atoms with van der Waals surface area (Å²) in [6.07, 6.45) is 3.37. The van der Waals surface area contributed by atoms with Crippen LogP contribution < -0.4 is 9.64 Å². The Kier molecular flexibility index (Phi) is 7.17. The third-order valence-corrected chi connectivity index (χ3v) is 6.35. The first-order chi connectivity index (χ1) is 15.6. The molecule has 164 valence electrons. The number of hydrogen-bond acceptors (Lipinski definition) is 4. The second kappa shape index (κ2) is 10.4. The second-order valence-electron chi connectivity index (χ2n) is 7.92. The molecule has 1 amide bonds. The molecule has 0 unspecified atom stereocenters. The van der Waals surface area contributed by atoms with Crippen LogP contribution in [0.2, 0.25) is 0 Å². The predicted molar refractivity (Wildman–Crippen MR) is 133 cm³/mol. The van der Waals surface area contributed by atoms with E-state index in [9.17, 15) is 4.79 Å². The standard InChI is InChI=1S/C27H28N2O2S/c1-3-4-8-17-31-23-14-12-22(13-15-23)26(30)29(19-21-9-6-5-7-10-21)27-28-24-16-11-20(2)18-25(24)32-27/h5-7,9-16,18H,3-4,8,17,19H2,1-2H3. The first kappa shape index (κ1) is 22.0. The van der Waals surface area contributed by atoms with Crippen LogP contribution in [0.3, 0.4) is 0 Å². The van der Waals surface area contributed by atoms with Crippen molar-refractivity contribution in [1.82, 2.24) is 4.98 Å². The number of carbonyl (C=O) groups is 1. The first-order valence-electron chi connectivity index (χ1n) is 11.1. The van der Waals surface area contributed by atoms with Gasteiger partial charge in [0.1, 0.15) is 5.75 Å². The van der Waals surface area contributed by atoms with Crippen LogP contribution in [-0.4, -0.2) is 17.5 Å². The zero-order valence-corrected chi connectivity index (χ0v) is 19.4.